The van der Waals surface area contributed by atoms with E-state index in [-0.39, 0.29) is 11.9 Å². The number of hydrogen-bond acceptors (Lipinski definition) is 5. The number of sulfone groups is 1. The van der Waals surface area contributed by atoms with Crippen molar-refractivity contribution in [2.75, 3.05) is 37.7 Å². The molecule has 0 bridgehead atoms. The summed E-state index contributed by atoms with van der Waals surface area (Å²) < 4.78 is 24.5. The van der Waals surface area contributed by atoms with Crippen molar-refractivity contribution in [1.29, 1.82) is 0 Å². The lowest BCUT2D eigenvalue weighted by Gasteiger charge is -2.35. The Balaban J connectivity index is 1.27. The molecule has 1 aromatic carbocycles. The molecular formula is C18H24N3O3S2+. The van der Waals surface area contributed by atoms with Gasteiger partial charge in [-0.2, -0.15) is 0 Å². The first kappa shape index (κ1) is 17.9. The van der Waals surface area contributed by atoms with Crippen molar-refractivity contribution >= 4 is 37.3 Å². The first-order valence-electron chi connectivity index (χ1n) is 9.17. The molecule has 1 N–H and O–H groups in total. The number of nitrogens with zero attached hydrogens (tertiary/aromatic N) is 2. The van der Waals surface area contributed by atoms with E-state index in [9.17, 15) is 13.2 Å². The molecule has 2 fully saturated rings. The standard InChI is InChI=1S/C18H23N3O3S2/c22-18(6-5-17-19-15-3-1-2-4-16(15)25-17)21-10-8-20(9-11-21)14-7-12-26(23,24)13-14/h1-4,14H,5-13H2/p+1/t14-/m0/s1. The Morgan fingerprint density at radius 1 is 1.27 bits per heavy atom. The molecule has 0 spiro atoms. The molecule has 0 unspecified atom stereocenters. The molecule has 2 saturated heterocycles. The Morgan fingerprint density at radius 3 is 2.73 bits per heavy atom. The lowest BCUT2D eigenvalue weighted by Crippen LogP contribution is -3.18. The summed E-state index contributed by atoms with van der Waals surface area (Å²) in [6.07, 6.45) is 1.95. The molecule has 2 aromatic rings. The highest BCUT2D eigenvalue weighted by molar-refractivity contribution is 7.91. The average Bonchev–Trinajstić information content (AvgIpc) is 3.22. The Morgan fingerprint density at radius 2 is 2.04 bits per heavy atom. The number of amides is 1. The Labute approximate surface area is 157 Å². The van der Waals surface area contributed by atoms with Gasteiger partial charge in [0.25, 0.3) is 0 Å². The normalized spacial score (nSPS) is 23.5. The number of quaternary nitrogens is 1. The summed E-state index contributed by atoms with van der Waals surface area (Å²) in [5, 5.41) is 1.01. The van der Waals surface area contributed by atoms with Crippen LogP contribution in [0.3, 0.4) is 0 Å². The van der Waals surface area contributed by atoms with Crippen LogP contribution in [-0.4, -0.2) is 67.9 Å². The molecule has 6 nitrogen and oxygen atoms in total. The number of nitrogens with one attached hydrogen (secondary N) is 1. The second-order valence-corrected chi connectivity index (χ2v) is 10.6. The van der Waals surface area contributed by atoms with Gasteiger partial charge in [0.15, 0.2) is 9.84 Å². The number of benzene rings is 1. The smallest absolute Gasteiger partial charge is 0.223 e. The van der Waals surface area contributed by atoms with Crippen LogP contribution in [0, 0.1) is 0 Å². The minimum Gasteiger partial charge on any atom is -0.331 e. The maximum atomic E-state index is 12.5. The van der Waals surface area contributed by atoms with Crippen LogP contribution >= 0.6 is 11.3 Å². The van der Waals surface area contributed by atoms with E-state index in [0.29, 0.717) is 24.3 Å². The van der Waals surface area contributed by atoms with E-state index >= 15 is 0 Å². The molecule has 0 radical (unpaired) electrons. The van der Waals surface area contributed by atoms with Crippen LogP contribution in [-0.2, 0) is 21.1 Å². The van der Waals surface area contributed by atoms with Crippen LogP contribution in [0.15, 0.2) is 24.3 Å². The van der Waals surface area contributed by atoms with E-state index in [0.717, 1.165) is 43.1 Å². The Kier molecular flexibility index (Phi) is 4.98. The molecule has 26 heavy (non-hydrogen) atoms. The first-order chi connectivity index (χ1) is 12.5. The third kappa shape index (κ3) is 3.92. The number of aromatic nitrogens is 1. The van der Waals surface area contributed by atoms with Crippen molar-refractivity contribution < 1.29 is 18.1 Å². The fraction of sp³-hybridized carbons (Fsp3) is 0.556. The first-order valence-corrected chi connectivity index (χ1v) is 11.8. The van der Waals surface area contributed by atoms with Crippen LogP contribution in [0.5, 0.6) is 0 Å². The topological polar surface area (TPSA) is 71.8 Å². The molecule has 2 aliphatic rings. The van der Waals surface area contributed by atoms with Crippen molar-refractivity contribution in [3.63, 3.8) is 0 Å². The van der Waals surface area contributed by atoms with Gasteiger partial charge in [0.1, 0.15) is 11.8 Å². The van der Waals surface area contributed by atoms with Gasteiger partial charge in [-0.1, -0.05) is 12.1 Å². The van der Waals surface area contributed by atoms with Crippen molar-refractivity contribution in [3.8, 4) is 0 Å². The van der Waals surface area contributed by atoms with Gasteiger partial charge in [0.2, 0.25) is 5.91 Å². The number of fused-ring (bicyclic) bond motifs is 1. The van der Waals surface area contributed by atoms with Gasteiger partial charge < -0.3 is 9.80 Å². The number of carbonyl (C=O) groups excluding carboxylic acids is 1. The summed E-state index contributed by atoms with van der Waals surface area (Å²) in [7, 11) is -2.83. The summed E-state index contributed by atoms with van der Waals surface area (Å²) in [4.78, 5) is 20.4. The number of para-hydroxylation sites is 1. The van der Waals surface area contributed by atoms with Gasteiger partial charge in [-0.05, 0) is 12.1 Å². The number of rotatable bonds is 4. The molecule has 140 valence electrons. The minimum absolute atomic E-state index is 0.183. The van der Waals surface area contributed by atoms with E-state index in [4.69, 9.17) is 0 Å². The molecule has 1 amide bonds. The molecule has 1 aromatic heterocycles. The highest BCUT2D eigenvalue weighted by Gasteiger charge is 2.37. The molecule has 2 aliphatic heterocycles. The van der Waals surface area contributed by atoms with Crippen molar-refractivity contribution in [2.24, 2.45) is 0 Å². The van der Waals surface area contributed by atoms with Crippen LogP contribution in [0.4, 0.5) is 0 Å². The summed E-state index contributed by atoms with van der Waals surface area (Å²) in [6, 6.07) is 8.27. The van der Waals surface area contributed by atoms with Gasteiger partial charge in [-0.25, -0.2) is 13.4 Å². The monoisotopic (exact) mass is 394 g/mol. The average molecular weight is 395 g/mol. The quantitative estimate of drug-likeness (QED) is 0.801. The Bertz CT molecular complexity index is 868. The number of piperazine rings is 1. The van der Waals surface area contributed by atoms with E-state index in [1.807, 2.05) is 23.1 Å². The fourth-order valence-corrected chi connectivity index (χ4v) is 6.76. The summed E-state index contributed by atoms with van der Waals surface area (Å²) >= 11 is 1.66. The predicted octanol–water partition coefficient (Wildman–Crippen LogP) is 0.143. The van der Waals surface area contributed by atoms with Crippen molar-refractivity contribution in [3.05, 3.63) is 29.3 Å². The number of hydrogen-bond donors (Lipinski definition) is 1. The van der Waals surface area contributed by atoms with Crippen LogP contribution in [0.25, 0.3) is 10.2 Å². The van der Waals surface area contributed by atoms with Gasteiger partial charge in [-0.15, -0.1) is 11.3 Å². The molecule has 1 atom stereocenters. The van der Waals surface area contributed by atoms with E-state index in [2.05, 4.69) is 11.1 Å². The molecule has 4 rings (SSSR count). The third-order valence-corrected chi connectivity index (χ3v) is 8.32. The van der Waals surface area contributed by atoms with Crippen LogP contribution in [0.1, 0.15) is 17.8 Å². The van der Waals surface area contributed by atoms with E-state index < -0.39 is 9.84 Å². The maximum absolute atomic E-state index is 12.5. The molecular weight excluding hydrogens is 370 g/mol. The predicted molar refractivity (Wildman–Crippen MR) is 102 cm³/mol. The van der Waals surface area contributed by atoms with Gasteiger partial charge in [0, 0.05) is 19.3 Å². The second kappa shape index (κ2) is 7.25. The van der Waals surface area contributed by atoms with Crippen LogP contribution in [0.2, 0.25) is 0 Å². The molecule has 3 heterocycles. The zero-order chi connectivity index (χ0) is 18.1. The van der Waals surface area contributed by atoms with Gasteiger partial charge in [-0.3, -0.25) is 4.79 Å². The zero-order valence-electron chi connectivity index (χ0n) is 14.7. The summed E-state index contributed by atoms with van der Waals surface area (Å²) in [5.41, 5.74) is 1.00. The SMILES string of the molecule is O=C(CCc1nc2ccccc2s1)N1CC[NH+]([C@H]2CCS(=O)(=O)C2)CC1. The summed E-state index contributed by atoms with van der Waals surface area (Å²) in [6.45, 7) is 3.16. The van der Waals surface area contributed by atoms with E-state index in [1.54, 1.807) is 11.3 Å². The molecule has 8 heteroatoms. The third-order valence-electron chi connectivity index (χ3n) is 5.46. The van der Waals surface area contributed by atoms with Gasteiger partial charge >= 0.3 is 0 Å². The fourth-order valence-electron chi connectivity index (χ4n) is 3.97. The van der Waals surface area contributed by atoms with Crippen LogP contribution < -0.4 is 4.90 Å². The zero-order valence-corrected chi connectivity index (χ0v) is 16.3. The van der Waals surface area contributed by atoms with E-state index in [1.165, 1.54) is 9.60 Å². The second-order valence-electron chi connectivity index (χ2n) is 7.21. The minimum atomic E-state index is -2.83. The Hall–Kier alpha value is -1.51. The summed E-state index contributed by atoms with van der Waals surface area (Å²) in [5.74, 6) is 0.821. The largest absolute Gasteiger partial charge is 0.331 e. The lowest BCUT2D eigenvalue weighted by atomic mass is 10.2. The number of carbonyl (C=O) groups is 1. The van der Waals surface area contributed by atoms with Crippen molar-refractivity contribution in [2.45, 2.75) is 25.3 Å². The highest BCUT2D eigenvalue weighted by atomic mass is 32.2. The van der Waals surface area contributed by atoms with Crippen molar-refractivity contribution in [1.82, 2.24) is 9.88 Å². The number of aryl methyl sites for hydroxylation is 1. The highest BCUT2D eigenvalue weighted by Crippen LogP contribution is 2.22. The number of thiazole rings is 1. The molecule has 0 aliphatic carbocycles. The maximum Gasteiger partial charge on any atom is 0.223 e. The molecule has 0 saturated carbocycles. The lowest BCUT2D eigenvalue weighted by molar-refractivity contribution is -0.925. The van der Waals surface area contributed by atoms with Gasteiger partial charge in [0.05, 0.1) is 47.2 Å².